The smallest absolute Gasteiger partial charge is 0.305 e. The maximum absolute atomic E-state index is 12.3. The zero-order chi connectivity index (χ0) is 32.2. The molecule has 0 unspecified atom stereocenters. The van der Waals surface area contributed by atoms with Crippen LogP contribution in [-0.2, 0) is 47.4 Å². The normalized spacial score (nSPS) is 12.7. The van der Waals surface area contributed by atoms with Crippen molar-refractivity contribution >= 4 is 17.8 Å². The zero-order valence-electron chi connectivity index (χ0n) is 26.7. The number of hydrogen-bond donors (Lipinski definition) is 0. The van der Waals surface area contributed by atoms with Gasteiger partial charge >= 0.3 is 5.97 Å². The minimum atomic E-state index is -0.279. The third-order valence-corrected chi connectivity index (χ3v) is 6.42. The third kappa shape index (κ3) is 18.3. The van der Waals surface area contributed by atoms with E-state index in [0.717, 1.165) is 19.3 Å². The number of nitrogens with zero attached hydrogens (tertiary/aromatic N) is 1. The number of imide groups is 1. The van der Waals surface area contributed by atoms with Gasteiger partial charge in [0.2, 0.25) is 0 Å². The van der Waals surface area contributed by atoms with Gasteiger partial charge in [0.05, 0.1) is 123 Å². The van der Waals surface area contributed by atoms with Gasteiger partial charge in [-0.1, -0.05) is 31.9 Å². The van der Waals surface area contributed by atoms with Gasteiger partial charge in [-0.25, -0.2) is 0 Å². The molecule has 0 bridgehead atoms. The number of fused-ring (bicyclic) bond motifs is 1. The molecule has 1 aromatic carbocycles. The number of ether oxygens (including phenoxy) is 9. The average Bonchev–Trinajstić information content (AvgIpc) is 3.29. The van der Waals surface area contributed by atoms with Gasteiger partial charge in [0, 0.05) is 6.42 Å². The summed E-state index contributed by atoms with van der Waals surface area (Å²) < 4.78 is 48.7. The van der Waals surface area contributed by atoms with Gasteiger partial charge in [-0.3, -0.25) is 19.3 Å². The van der Waals surface area contributed by atoms with E-state index < -0.39 is 0 Å². The van der Waals surface area contributed by atoms with Crippen molar-refractivity contribution in [2.75, 3.05) is 119 Å². The van der Waals surface area contributed by atoms with E-state index in [-0.39, 0.29) is 37.5 Å². The van der Waals surface area contributed by atoms with Crippen LogP contribution < -0.4 is 0 Å². The number of unbranched alkanes of at least 4 members (excludes halogenated alkanes) is 2. The molecular formula is C32H51NO12. The fourth-order valence-electron chi connectivity index (χ4n) is 4.05. The van der Waals surface area contributed by atoms with Crippen molar-refractivity contribution < 1.29 is 57.0 Å². The van der Waals surface area contributed by atoms with Crippen LogP contribution in [0.5, 0.6) is 0 Å². The summed E-state index contributed by atoms with van der Waals surface area (Å²) in [6, 6.07) is 6.81. The fourth-order valence-corrected chi connectivity index (χ4v) is 4.05. The molecule has 0 saturated carbocycles. The lowest BCUT2D eigenvalue weighted by molar-refractivity contribution is -0.145. The summed E-state index contributed by atoms with van der Waals surface area (Å²) in [6.07, 6.45) is 3.47. The van der Waals surface area contributed by atoms with Crippen molar-refractivity contribution in [3.05, 3.63) is 35.4 Å². The molecule has 0 spiro atoms. The Bertz CT molecular complexity index is 896. The number of esters is 1. The molecule has 1 aliphatic heterocycles. The van der Waals surface area contributed by atoms with Gasteiger partial charge < -0.3 is 42.6 Å². The van der Waals surface area contributed by atoms with Crippen molar-refractivity contribution in [3.8, 4) is 0 Å². The molecule has 0 saturated heterocycles. The van der Waals surface area contributed by atoms with E-state index in [9.17, 15) is 14.4 Å². The number of carbonyl (C=O) groups is 3. The predicted octanol–water partition coefficient (Wildman–Crippen LogP) is 2.54. The van der Waals surface area contributed by atoms with Crippen LogP contribution in [0.2, 0.25) is 0 Å². The van der Waals surface area contributed by atoms with Gasteiger partial charge in [-0.2, -0.15) is 0 Å². The number of hydrogen-bond acceptors (Lipinski definition) is 12. The summed E-state index contributed by atoms with van der Waals surface area (Å²) >= 11 is 0. The minimum Gasteiger partial charge on any atom is -0.463 e. The van der Waals surface area contributed by atoms with Crippen molar-refractivity contribution in [1.29, 1.82) is 0 Å². The van der Waals surface area contributed by atoms with E-state index in [1.807, 2.05) is 0 Å². The second kappa shape index (κ2) is 26.7. The second-order valence-corrected chi connectivity index (χ2v) is 9.88. The van der Waals surface area contributed by atoms with Crippen molar-refractivity contribution in [2.24, 2.45) is 0 Å². The molecule has 0 radical (unpaired) electrons. The Hall–Kier alpha value is -2.49. The van der Waals surface area contributed by atoms with Gasteiger partial charge in [0.25, 0.3) is 11.8 Å². The lowest BCUT2D eigenvalue weighted by Gasteiger charge is -2.13. The summed E-state index contributed by atoms with van der Waals surface area (Å²) in [5, 5.41) is 0. The standard InChI is InChI=1S/C32H51NO12/c1-2-3-4-9-30(34)45-27-26-44-25-24-43-23-22-42-21-20-41-19-18-40-17-16-39-15-14-38-13-12-37-11-10-33-31(35)28-7-5-6-8-29(28)32(33)36/h5-8H,2-4,9-27H2,1H3. The van der Waals surface area contributed by atoms with Crippen molar-refractivity contribution in [2.45, 2.75) is 32.6 Å². The molecular weight excluding hydrogens is 590 g/mol. The molecule has 13 nitrogen and oxygen atoms in total. The number of amides is 2. The Morgan fingerprint density at radius 2 is 0.889 bits per heavy atom. The highest BCUT2D eigenvalue weighted by molar-refractivity contribution is 6.21. The minimum absolute atomic E-state index is 0.166. The van der Waals surface area contributed by atoms with Crippen LogP contribution in [-0.4, -0.2) is 142 Å². The molecule has 13 heteroatoms. The lowest BCUT2D eigenvalue weighted by atomic mass is 10.1. The second-order valence-electron chi connectivity index (χ2n) is 9.88. The summed E-state index contributed by atoms with van der Waals surface area (Å²) in [5.41, 5.74) is 0.881. The van der Waals surface area contributed by atoms with Gasteiger partial charge in [0.1, 0.15) is 6.61 Å². The number of benzene rings is 1. The molecule has 1 aromatic rings. The third-order valence-electron chi connectivity index (χ3n) is 6.42. The molecule has 2 rings (SSSR count). The Morgan fingerprint density at radius 1 is 0.533 bits per heavy atom. The number of rotatable bonds is 31. The molecule has 0 aromatic heterocycles. The van der Waals surface area contributed by atoms with Crippen LogP contribution in [0.3, 0.4) is 0 Å². The Morgan fingerprint density at radius 3 is 1.27 bits per heavy atom. The summed E-state index contributed by atoms with van der Waals surface area (Å²) in [7, 11) is 0. The molecule has 1 heterocycles. The van der Waals surface area contributed by atoms with Crippen LogP contribution in [0.1, 0.15) is 53.3 Å². The summed E-state index contributed by atoms with van der Waals surface area (Å²) in [4.78, 5) is 37.2. The Kier molecular flexibility index (Phi) is 23.0. The molecule has 0 aliphatic carbocycles. The molecule has 0 atom stereocenters. The van der Waals surface area contributed by atoms with Crippen LogP contribution in [0.25, 0.3) is 0 Å². The molecule has 2 amide bonds. The first-order chi connectivity index (χ1) is 22.1. The first-order valence-corrected chi connectivity index (χ1v) is 15.9. The number of carbonyl (C=O) groups excluding carboxylic acids is 3. The van der Waals surface area contributed by atoms with E-state index in [0.29, 0.717) is 117 Å². The highest BCUT2D eigenvalue weighted by Gasteiger charge is 2.34. The topological polar surface area (TPSA) is 138 Å². The highest BCUT2D eigenvalue weighted by atomic mass is 16.6. The quantitative estimate of drug-likeness (QED) is 0.0669. The molecule has 1 aliphatic rings. The van der Waals surface area contributed by atoms with Gasteiger partial charge in [0.15, 0.2) is 0 Å². The summed E-state index contributed by atoms with van der Waals surface area (Å²) in [5.74, 6) is -0.725. The zero-order valence-corrected chi connectivity index (χ0v) is 26.7. The van der Waals surface area contributed by atoms with Crippen LogP contribution in [0.15, 0.2) is 24.3 Å². The first kappa shape index (κ1) is 38.7. The maximum Gasteiger partial charge on any atom is 0.305 e. The molecule has 45 heavy (non-hydrogen) atoms. The highest BCUT2D eigenvalue weighted by Crippen LogP contribution is 2.21. The van der Waals surface area contributed by atoms with Crippen molar-refractivity contribution in [1.82, 2.24) is 4.90 Å². The van der Waals surface area contributed by atoms with E-state index in [2.05, 4.69) is 6.92 Å². The maximum atomic E-state index is 12.3. The Labute approximate surface area is 266 Å². The largest absolute Gasteiger partial charge is 0.463 e. The van der Waals surface area contributed by atoms with Gasteiger partial charge in [-0.15, -0.1) is 0 Å². The van der Waals surface area contributed by atoms with Gasteiger partial charge in [-0.05, 0) is 18.6 Å². The summed E-state index contributed by atoms with van der Waals surface area (Å²) in [6.45, 7) is 9.51. The monoisotopic (exact) mass is 641 g/mol. The van der Waals surface area contributed by atoms with E-state index in [4.69, 9.17) is 42.6 Å². The molecule has 256 valence electrons. The molecule has 0 N–H and O–H groups in total. The first-order valence-electron chi connectivity index (χ1n) is 15.9. The van der Waals surface area contributed by atoms with E-state index >= 15 is 0 Å². The SMILES string of the molecule is CCCCCC(=O)OCCOCCOCCOCCOCCOCCOCCOCCOCCN1C(=O)c2ccccc2C1=O. The van der Waals surface area contributed by atoms with E-state index in [1.54, 1.807) is 24.3 Å². The lowest BCUT2D eigenvalue weighted by Crippen LogP contribution is -2.33. The van der Waals surface area contributed by atoms with E-state index in [1.165, 1.54) is 4.90 Å². The van der Waals surface area contributed by atoms with Crippen molar-refractivity contribution in [3.63, 3.8) is 0 Å². The van der Waals surface area contributed by atoms with Crippen LogP contribution >= 0.6 is 0 Å². The van der Waals surface area contributed by atoms with Crippen LogP contribution in [0.4, 0.5) is 0 Å². The average molecular weight is 642 g/mol. The Balaban J connectivity index is 1.20. The van der Waals surface area contributed by atoms with Crippen LogP contribution in [0, 0.1) is 0 Å². The fraction of sp³-hybridized carbons (Fsp3) is 0.719. The predicted molar refractivity (Wildman–Crippen MR) is 163 cm³/mol. The molecule has 0 fully saturated rings.